The molecule has 1 unspecified atom stereocenters. The van der Waals surface area contributed by atoms with Gasteiger partial charge in [0, 0.05) is 0 Å². The highest BCUT2D eigenvalue weighted by molar-refractivity contribution is 5.37. The Hall–Kier alpha value is -1.02. The number of fused-ring (bicyclic) bond motifs is 1. The maximum atomic E-state index is 9.13. The standard InChI is InChI=1S/C13H18O2/c1-10(14)9-15-13-7-6-11-4-2-3-5-12(11)8-13/h6-8,10,14H,2-5,9H2,1H3. The van der Waals surface area contributed by atoms with Gasteiger partial charge >= 0.3 is 0 Å². The summed E-state index contributed by atoms with van der Waals surface area (Å²) in [7, 11) is 0. The molecule has 1 aliphatic rings. The number of aryl methyl sites for hydroxylation is 2. The number of aliphatic hydroxyl groups is 1. The van der Waals surface area contributed by atoms with Gasteiger partial charge in [0.15, 0.2) is 0 Å². The molecule has 0 aliphatic heterocycles. The number of hydrogen-bond donors (Lipinski definition) is 1. The minimum atomic E-state index is -0.402. The van der Waals surface area contributed by atoms with E-state index in [1.807, 2.05) is 6.07 Å². The number of hydrogen-bond acceptors (Lipinski definition) is 2. The van der Waals surface area contributed by atoms with E-state index >= 15 is 0 Å². The third kappa shape index (κ3) is 2.72. The van der Waals surface area contributed by atoms with Gasteiger partial charge in [0.05, 0.1) is 6.10 Å². The topological polar surface area (TPSA) is 29.5 Å². The predicted octanol–water partition coefficient (Wildman–Crippen LogP) is 2.33. The first-order valence-corrected chi connectivity index (χ1v) is 5.68. The first kappa shape index (κ1) is 10.5. The zero-order valence-corrected chi connectivity index (χ0v) is 9.20. The van der Waals surface area contributed by atoms with E-state index in [4.69, 9.17) is 9.84 Å². The van der Waals surface area contributed by atoms with Crippen LogP contribution in [0.4, 0.5) is 0 Å². The molecule has 0 fully saturated rings. The van der Waals surface area contributed by atoms with Crippen molar-refractivity contribution >= 4 is 0 Å². The molecule has 2 rings (SSSR count). The first-order chi connectivity index (χ1) is 7.25. The van der Waals surface area contributed by atoms with Gasteiger partial charge in [0.25, 0.3) is 0 Å². The normalized spacial score (nSPS) is 16.9. The lowest BCUT2D eigenvalue weighted by atomic mass is 9.92. The summed E-state index contributed by atoms with van der Waals surface area (Å²) in [5.74, 6) is 0.886. The average Bonchev–Trinajstić information content (AvgIpc) is 2.26. The third-order valence-electron chi connectivity index (χ3n) is 2.81. The largest absolute Gasteiger partial charge is 0.491 e. The van der Waals surface area contributed by atoms with E-state index < -0.39 is 6.10 Å². The summed E-state index contributed by atoms with van der Waals surface area (Å²) in [5, 5.41) is 9.13. The van der Waals surface area contributed by atoms with Crippen LogP contribution in [0.2, 0.25) is 0 Å². The molecule has 0 aromatic heterocycles. The Morgan fingerprint density at radius 2 is 2.00 bits per heavy atom. The van der Waals surface area contributed by atoms with Crippen LogP contribution in [0.1, 0.15) is 30.9 Å². The average molecular weight is 206 g/mol. The van der Waals surface area contributed by atoms with Gasteiger partial charge in [-0.3, -0.25) is 0 Å². The van der Waals surface area contributed by atoms with Crippen molar-refractivity contribution in [3.05, 3.63) is 29.3 Å². The quantitative estimate of drug-likeness (QED) is 0.822. The maximum absolute atomic E-state index is 9.13. The molecule has 15 heavy (non-hydrogen) atoms. The Balaban J connectivity index is 2.07. The van der Waals surface area contributed by atoms with Crippen molar-refractivity contribution in [2.24, 2.45) is 0 Å². The Labute approximate surface area is 90.9 Å². The van der Waals surface area contributed by atoms with Gasteiger partial charge in [-0.15, -0.1) is 0 Å². The lowest BCUT2D eigenvalue weighted by Gasteiger charge is -2.17. The second kappa shape index (κ2) is 4.67. The maximum Gasteiger partial charge on any atom is 0.119 e. The molecular weight excluding hydrogens is 188 g/mol. The summed E-state index contributed by atoms with van der Waals surface area (Å²) in [6.45, 7) is 2.11. The molecule has 1 aromatic carbocycles. The Morgan fingerprint density at radius 3 is 2.73 bits per heavy atom. The first-order valence-electron chi connectivity index (χ1n) is 5.68. The van der Waals surface area contributed by atoms with E-state index in [0.29, 0.717) is 6.61 Å². The molecule has 1 atom stereocenters. The second-order valence-electron chi connectivity index (χ2n) is 4.30. The van der Waals surface area contributed by atoms with Crippen LogP contribution >= 0.6 is 0 Å². The molecule has 0 bridgehead atoms. The van der Waals surface area contributed by atoms with Gasteiger partial charge in [-0.2, -0.15) is 0 Å². The molecule has 1 aromatic rings. The Kier molecular flexibility index (Phi) is 3.27. The number of ether oxygens (including phenoxy) is 1. The van der Waals surface area contributed by atoms with Crippen LogP contribution in [0.25, 0.3) is 0 Å². The van der Waals surface area contributed by atoms with Crippen LogP contribution in [0.5, 0.6) is 5.75 Å². The third-order valence-corrected chi connectivity index (χ3v) is 2.81. The lowest BCUT2D eigenvalue weighted by molar-refractivity contribution is 0.122. The van der Waals surface area contributed by atoms with Crippen LogP contribution < -0.4 is 4.74 Å². The SMILES string of the molecule is CC(O)COc1ccc2c(c1)CCCC2. The minimum Gasteiger partial charge on any atom is -0.491 e. The highest BCUT2D eigenvalue weighted by atomic mass is 16.5. The van der Waals surface area contributed by atoms with Crippen LogP contribution in [-0.2, 0) is 12.8 Å². The van der Waals surface area contributed by atoms with Crippen molar-refractivity contribution in [2.45, 2.75) is 38.7 Å². The molecule has 82 valence electrons. The van der Waals surface area contributed by atoms with Gasteiger partial charge in [0.2, 0.25) is 0 Å². The van der Waals surface area contributed by atoms with Gasteiger partial charge in [0.1, 0.15) is 12.4 Å². The predicted molar refractivity (Wildman–Crippen MR) is 60.3 cm³/mol. The molecule has 1 aliphatic carbocycles. The molecule has 2 heteroatoms. The van der Waals surface area contributed by atoms with Crippen molar-refractivity contribution in [2.75, 3.05) is 6.61 Å². The van der Waals surface area contributed by atoms with E-state index in [2.05, 4.69) is 12.1 Å². The van der Waals surface area contributed by atoms with Crippen molar-refractivity contribution in [1.82, 2.24) is 0 Å². The molecule has 0 saturated carbocycles. The molecule has 0 heterocycles. The van der Waals surface area contributed by atoms with E-state index in [1.54, 1.807) is 6.92 Å². The van der Waals surface area contributed by atoms with Crippen molar-refractivity contribution in [1.29, 1.82) is 0 Å². The van der Waals surface area contributed by atoms with Crippen molar-refractivity contribution < 1.29 is 9.84 Å². The van der Waals surface area contributed by atoms with Crippen molar-refractivity contribution in [3.8, 4) is 5.75 Å². The highest BCUT2D eigenvalue weighted by Gasteiger charge is 2.09. The van der Waals surface area contributed by atoms with E-state index in [-0.39, 0.29) is 0 Å². The summed E-state index contributed by atoms with van der Waals surface area (Å²) in [5.41, 5.74) is 2.88. The number of rotatable bonds is 3. The fraction of sp³-hybridized carbons (Fsp3) is 0.538. The smallest absolute Gasteiger partial charge is 0.119 e. The summed E-state index contributed by atoms with van der Waals surface area (Å²) in [4.78, 5) is 0. The molecule has 0 spiro atoms. The summed E-state index contributed by atoms with van der Waals surface area (Å²) >= 11 is 0. The Morgan fingerprint density at radius 1 is 1.27 bits per heavy atom. The molecule has 1 N–H and O–H groups in total. The van der Waals surface area contributed by atoms with E-state index in [9.17, 15) is 0 Å². The van der Waals surface area contributed by atoms with Crippen LogP contribution in [0, 0.1) is 0 Å². The fourth-order valence-electron chi connectivity index (χ4n) is 2.02. The number of benzene rings is 1. The monoisotopic (exact) mass is 206 g/mol. The van der Waals surface area contributed by atoms with Crippen LogP contribution in [0.15, 0.2) is 18.2 Å². The summed E-state index contributed by atoms with van der Waals surface area (Å²) < 4.78 is 5.48. The molecule has 2 nitrogen and oxygen atoms in total. The molecule has 0 radical (unpaired) electrons. The van der Waals surface area contributed by atoms with E-state index in [1.165, 1.54) is 36.8 Å². The highest BCUT2D eigenvalue weighted by Crippen LogP contribution is 2.25. The second-order valence-corrected chi connectivity index (χ2v) is 4.30. The minimum absolute atomic E-state index is 0.374. The molecular formula is C13H18O2. The number of aliphatic hydroxyl groups excluding tert-OH is 1. The fourth-order valence-corrected chi connectivity index (χ4v) is 2.02. The van der Waals surface area contributed by atoms with Gasteiger partial charge < -0.3 is 9.84 Å². The van der Waals surface area contributed by atoms with Crippen LogP contribution in [-0.4, -0.2) is 17.8 Å². The zero-order valence-electron chi connectivity index (χ0n) is 9.20. The van der Waals surface area contributed by atoms with Gasteiger partial charge in [-0.25, -0.2) is 0 Å². The van der Waals surface area contributed by atoms with Gasteiger partial charge in [-0.1, -0.05) is 6.07 Å². The van der Waals surface area contributed by atoms with E-state index in [0.717, 1.165) is 5.75 Å². The van der Waals surface area contributed by atoms with Crippen molar-refractivity contribution in [3.63, 3.8) is 0 Å². The molecule has 0 saturated heterocycles. The summed E-state index contributed by atoms with van der Waals surface area (Å²) in [6.07, 6.45) is 4.56. The van der Waals surface area contributed by atoms with Crippen LogP contribution in [0.3, 0.4) is 0 Å². The summed E-state index contributed by atoms with van der Waals surface area (Å²) in [6, 6.07) is 6.29. The molecule has 0 amide bonds. The Bertz CT molecular complexity index is 331. The van der Waals surface area contributed by atoms with Gasteiger partial charge in [-0.05, 0) is 55.9 Å². The zero-order chi connectivity index (χ0) is 10.7. The lowest BCUT2D eigenvalue weighted by Crippen LogP contribution is -2.13.